The maximum Gasteiger partial charge on any atom is 0.106 e. The van der Waals surface area contributed by atoms with E-state index >= 15 is 0 Å². The maximum atomic E-state index is 9.47. The number of thioether (sulfide) groups is 1. The van der Waals surface area contributed by atoms with Gasteiger partial charge in [-0.15, -0.1) is 11.8 Å². The van der Waals surface area contributed by atoms with Crippen LogP contribution in [0.1, 0.15) is 50.7 Å². The first-order chi connectivity index (χ1) is 10.1. The van der Waals surface area contributed by atoms with Gasteiger partial charge in [-0.05, 0) is 75.1 Å². The summed E-state index contributed by atoms with van der Waals surface area (Å²) in [5.41, 5.74) is 2.36. The molecule has 2 nitrogen and oxygen atoms in total. The van der Waals surface area contributed by atoms with Gasteiger partial charge in [0.15, 0.2) is 0 Å². The van der Waals surface area contributed by atoms with Gasteiger partial charge in [0.1, 0.15) is 5.54 Å². The lowest BCUT2D eigenvalue weighted by Crippen LogP contribution is -2.43. The monoisotopic (exact) mass is 304 g/mol. The minimum Gasteiger partial charge on any atom is -0.299 e. The number of hydrogen-bond acceptors (Lipinski definition) is 3. The van der Waals surface area contributed by atoms with E-state index in [9.17, 15) is 5.26 Å². The number of benzene rings is 1. The fourth-order valence-electron chi connectivity index (χ4n) is 2.30. The predicted octanol–water partition coefficient (Wildman–Crippen LogP) is 4.85. The van der Waals surface area contributed by atoms with Crippen molar-refractivity contribution in [3.8, 4) is 6.07 Å². The zero-order valence-electron chi connectivity index (χ0n) is 13.8. The number of nitrogens with zero attached hydrogens (tertiary/aromatic N) is 1. The Morgan fingerprint density at radius 3 is 2.57 bits per heavy atom. The summed E-state index contributed by atoms with van der Waals surface area (Å²) < 4.78 is 0. The highest BCUT2D eigenvalue weighted by Gasteiger charge is 2.25. The van der Waals surface area contributed by atoms with Crippen LogP contribution in [-0.2, 0) is 0 Å². The van der Waals surface area contributed by atoms with Crippen LogP contribution in [0.25, 0.3) is 0 Å². The molecule has 0 bridgehead atoms. The zero-order valence-corrected chi connectivity index (χ0v) is 14.6. The van der Waals surface area contributed by atoms with Crippen molar-refractivity contribution in [2.24, 2.45) is 0 Å². The molecule has 1 aromatic carbocycles. The quantitative estimate of drug-likeness (QED) is 0.523. The first-order valence-electron chi connectivity index (χ1n) is 7.93. The van der Waals surface area contributed by atoms with Gasteiger partial charge in [0, 0.05) is 4.90 Å². The molecule has 0 aliphatic heterocycles. The van der Waals surface area contributed by atoms with Gasteiger partial charge in [0.05, 0.1) is 6.07 Å². The van der Waals surface area contributed by atoms with Crippen molar-refractivity contribution in [1.29, 1.82) is 5.26 Å². The highest BCUT2D eigenvalue weighted by molar-refractivity contribution is 7.99. The van der Waals surface area contributed by atoms with Gasteiger partial charge in [-0.1, -0.05) is 19.9 Å². The van der Waals surface area contributed by atoms with Crippen LogP contribution >= 0.6 is 11.8 Å². The number of hydrogen-bond donors (Lipinski definition) is 1. The molecule has 1 aromatic rings. The predicted molar refractivity (Wildman–Crippen MR) is 92.8 cm³/mol. The lowest BCUT2D eigenvalue weighted by molar-refractivity contribution is 0.371. The molecule has 0 fully saturated rings. The third-order valence-electron chi connectivity index (χ3n) is 4.03. The van der Waals surface area contributed by atoms with E-state index in [1.165, 1.54) is 16.0 Å². The summed E-state index contributed by atoms with van der Waals surface area (Å²) in [7, 11) is 0. The molecule has 0 radical (unpaired) electrons. The Hall–Kier alpha value is -0.980. The normalized spacial score (nSPS) is 13.7. The zero-order chi connectivity index (χ0) is 15.7. The van der Waals surface area contributed by atoms with E-state index in [0.29, 0.717) is 0 Å². The minimum atomic E-state index is -0.334. The summed E-state index contributed by atoms with van der Waals surface area (Å²) >= 11 is 1.89. The van der Waals surface area contributed by atoms with E-state index < -0.39 is 0 Å². The Labute approximate surface area is 134 Å². The molecular weight excluding hydrogens is 276 g/mol. The highest BCUT2D eigenvalue weighted by Crippen LogP contribution is 2.24. The average molecular weight is 305 g/mol. The smallest absolute Gasteiger partial charge is 0.106 e. The summed E-state index contributed by atoms with van der Waals surface area (Å²) in [5, 5.41) is 12.9. The average Bonchev–Trinajstić information content (AvgIpc) is 2.50. The third kappa shape index (κ3) is 5.73. The molecule has 1 N–H and O–H groups in total. The van der Waals surface area contributed by atoms with E-state index in [1.807, 2.05) is 11.8 Å². The first-order valence-corrected chi connectivity index (χ1v) is 8.91. The van der Waals surface area contributed by atoms with Crippen LogP contribution in [0.3, 0.4) is 0 Å². The third-order valence-corrected chi connectivity index (χ3v) is 5.11. The van der Waals surface area contributed by atoms with Crippen molar-refractivity contribution in [3.63, 3.8) is 0 Å². The molecule has 21 heavy (non-hydrogen) atoms. The van der Waals surface area contributed by atoms with Crippen molar-refractivity contribution in [3.05, 3.63) is 29.3 Å². The molecule has 0 heterocycles. The lowest BCUT2D eigenvalue weighted by Gasteiger charge is -2.26. The molecule has 1 unspecified atom stereocenters. The van der Waals surface area contributed by atoms with Crippen molar-refractivity contribution in [2.75, 3.05) is 12.3 Å². The van der Waals surface area contributed by atoms with E-state index in [0.717, 1.165) is 38.0 Å². The number of nitriles is 1. The topological polar surface area (TPSA) is 35.8 Å². The first kappa shape index (κ1) is 18.1. The van der Waals surface area contributed by atoms with Crippen molar-refractivity contribution >= 4 is 11.8 Å². The van der Waals surface area contributed by atoms with Crippen LogP contribution in [0.4, 0.5) is 0 Å². The van der Waals surface area contributed by atoms with Crippen molar-refractivity contribution in [1.82, 2.24) is 5.32 Å². The highest BCUT2D eigenvalue weighted by atomic mass is 32.2. The largest absolute Gasteiger partial charge is 0.299 e. The molecule has 0 saturated heterocycles. The van der Waals surface area contributed by atoms with Gasteiger partial charge >= 0.3 is 0 Å². The molecule has 116 valence electrons. The number of nitrogens with one attached hydrogen (secondary N) is 1. The Balaban J connectivity index is 2.44. The molecule has 3 heteroatoms. The molecule has 1 atom stereocenters. The van der Waals surface area contributed by atoms with Crippen molar-refractivity contribution in [2.45, 2.75) is 63.8 Å². The molecule has 0 saturated carbocycles. The van der Waals surface area contributed by atoms with Gasteiger partial charge in [0.25, 0.3) is 0 Å². The van der Waals surface area contributed by atoms with E-state index in [1.54, 1.807) is 0 Å². The summed E-state index contributed by atoms with van der Waals surface area (Å²) in [4.78, 5) is 1.33. The SMILES string of the molecule is CCCNC(C#N)(CC)CCCSc1ccc(C)c(C)c1. The van der Waals surface area contributed by atoms with Crippen LogP contribution in [0.2, 0.25) is 0 Å². The molecule has 0 amide bonds. The summed E-state index contributed by atoms with van der Waals surface area (Å²) in [6.45, 7) is 9.46. The van der Waals surface area contributed by atoms with Gasteiger partial charge < -0.3 is 0 Å². The standard InChI is InChI=1S/C18H28N2S/c1-5-11-20-18(6-2,14-19)10-7-12-21-17-9-8-15(3)16(4)13-17/h8-9,13,20H,5-7,10-12H2,1-4H3. The van der Waals surface area contributed by atoms with Crippen LogP contribution in [0, 0.1) is 25.2 Å². The number of rotatable bonds is 9. The Morgan fingerprint density at radius 2 is 2.00 bits per heavy atom. The van der Waals surface area contributed by atoms with Crippen LogP contribution in [0.15, 0.2) is 23.1 Å². The molecular formula is C18H28N2S. The van der Waals surface area contributed by atoms with E-state index in [-0.39, 0.29) is 5.54 Å². The maximum absolute atomic E-state index is 9.47. The number of aryl methyl sites for hydroxylation is 2. The Bertz CT molecular complexity index is 479. The lowest BCUT2D eigenvalue weighted by atomic mass is 9.92. The van der Waals surface area contributed by atoms with Gasteiger partial charge in [-0.3, -0.25) is 5.32 Å². The summed E-state index contributed by atoms with van der Waals surface area (Å²) in [6.07, 6.45) is 3.94. The second-order valence-electron chi connectivity index (χ2n) is 5.67. The van der Waals surface area contributed by atoms with Gasteiger partial charge in [0.2, 0.25) is 0 Å². The van der Waals surface area contributed by atoms with E-state index in [2.05, 4.69) is 57.3 Å². The fourth-order valence-corrected chi connectivity index (χ4v) is 3.25. The fraction of sp³-hybridized carbons (Fsp3) is 0.611. The van der Waals surface area contributed by atoms with Crippen molar-refractivity contribution < 1.29 is 0 Å². The Kier molecular flexibility index (Phi) is 7.85. The summed E-state index contributed by atoms with van der Waals surface area (Å²) in [6, 6.07) is 9.13. The molecule has 0 aliphatic rings. The Morgan fingerprint density at radius 1 is 1.24 bits per heavy atom. The molecule has 0 aliphatic carbocycles. The molecule has 1 rings (SSSR count). The van der Waals surface area contributed by atoms with Gasteiger partial charge in [-0.25, -0.2) is 0 Å². The second kappa shape index (κ2) is 9.12. The minimum absolute atomic E-state index is 0.334. The summed E-state index contributed by atoms with van der Waals surface area (Å²) in [5.74, 6) is 1.07. The molecule has 0 spiro atoms. The van der Waals surface area contributed by atoms with Gasteiger partial charge in [-0.2, -0.15) is 5.26 Å². The van der Waals surface area contributed by atoms with Crippen LogP contribution < -0.4 is 5.32 Å². The van der Waals surface area contributed by atoms with E-state index in [4.69, 9.17) is 0 Å². The second-order valence-corrected chi connectivity index (χ2v) is 6.84. The van der Waals surface area contributed by atoms with Crippen LogP contribution in [0.5, 0.6) is 0 Å². The molecule has 0 aromatic heterocycles. The van der Waals surface area contributed by atoms with Crippen LogP contribution in [-0.4, -0.2) is 17.8 Å².